The zero-order valence-corrected chi connectivity index (χ0v) is 14.7. The minimum atomic E-state index is -0.240. The van der Waals surface area contributed by atoms with Gasteiger partial charge in [-0.3, -0.25) is 9.69 Å². The molecule has 1 aliphatic rings. The van der Waals surface area contributed by atoms with Crippen LogP contribution in [0.3, 0.4) is 0 Å². The van der Waals surface area contributed by atoms with Crippen molar-refractivity contribution in [1.29, 1.82) is 0 Å². The maximum atomic E-state index is 12.3. The number of fused-ring (bicyclic) bond motifs is 1. The number of amides is 1. The lowest BCUT2D eigenvalue weighted by Gasteiger charge is -2.11. The summed E-state index contributed by atoms with van der Waals surface area (Å²) in [5.74, 6) is 2.36. The Balaban J connectivity index is 1.36. The molecule has 1 amide bonds. The molecule has 0 bridgehead atoms. The molecular formula is C19H22N4O3. The summed E-state index contributed by atoms with van der Waals surface area (Å²) < 4.78 is 10.9. The normalized spacial score (nSPS) is 14.8. The number of carbonyl (C=O) groups excluding carboxylic acids is 1. The van der Waals surface area contributed by atoms with Gasteiger partial charge in [-0.1, -0.05) is 0 Å². The number of likely N-dealkylation sites (tertiary alicyclic amines) is 1. The van der Waals surface area contributed by atoms with Gasteiger partial charge < -0.3 is 19.5 Å². The maximum absolute atomic E-state index is 12.3. The largest absolute Gasteiger partial charge is 0.497 e. The second-order valence-corrected chi connectivity index (χ2v) is 6.50. The first-order valence-electron chi connectivity index (χ1n) is 8.83. The fraction of sp³-hybridized carbons (Fsp3) is 0.368. The molecule has 1 fully saturated rings. The highest BCUT2D eigenvalue weighted by molar-refractivity contribution is 5.91. The summed E-state index contributed by atoms with van der Waals surface area (Å²) in [5.41, 5.74) is 1.71. The first kappa shape index (κ1) is 16.7. The Morgan fingerprint density at radius 3 is 2.96 bits per heavy atom. The predicted molar refractivity (Wildman–Crippen MR) is 97.0 cm³/mol. The number of carbonyl (C=O) groups is 1. The number of H-pyrrole nitrogens is 1. The molecule has 136 valence electrons. The Morgan fingerprint density at radius 2 is 2.15 bits per heavy atom. The van der Waals surface area contributed by atoms with Crippen LogP contribution in [0, 0.1) is 0 Å². The summed E-state index contributed by atoms with van der Waals surface area (Å²) in [4.78, 5) is 22.3. The van der Waals surface area contributed by atoms with E-state index in [0.717, 1.165) is 42.2 Å². The monoisotopic (exact) mass is 354 g/mol. The number of furan rings is 1. The Morgan fingerprint density at radius 1 is 1.31 bits per heavy atom. The molecule has 7 heteroatoms. The zero-order chi connectivity index (χ0) is 17.9. The number of nitrogens with zero attached hydrogens (tertiary/aromatic N) is 2. The van der Waals surface area contributed by atoms with Crippen LogP contribution in [0.1, 0.15) is 35.0 Å². The van der Waals surface area contributed by atoms with Gasteiger partial charge in [-0.15, -0.1) is 0 Å². The van der Waals surface area contributed by atoms with E-state index in [-0.39, 0.29) is 5.91 Å². The van der Waals surface area contributed by atoms with Crippen LogP contribution < -0.4 is 10.1 Å². The Hall–Kier alpha value is -2.80. The number of rotatable bonds is 6. The molecule has 2 aromatic heterocycles. The van der Waals surface area contributed by atoms with Crippen molar-refractivity contribution in [3.8, 4) is 5.75 Å². The Kier molecular flexibility index (Phi) is 4.62. The highest BCUT2D eigenvalue weighted by Gasteiger charge is 2.16. The van der Waals surface area contributed by atoms with Crippen LogP contribution in [0.25, 0.3) is 11.0 Å². The third-order valence-electron chi connectivity index (χ3n) is 4.62. The molecule has 0 aliphatic carbocycles. The lowest BCUT2D eigenvalue weighted by molar-refractivity contribution is 0.0918. The van der Waals surface area contributed by atoms with E-state index in [1.807, 2.05) is 24.3 Å². The molecule has 0 unspecified atom stereocenters. The van der Waals surface area contributed by atoms with Crippen molar-refractivity contribution < 1.29 is 13.9 Å². The van der Waals surface area contributed by atoms with E-state index in [4.69, 9.17) is 9.15 Å². The number of aromatic amines is 1. The average Bonchev–Trinajstić information content (AvgIpc) is 3.40. The van der Waals surface area contributed by atoms with Crippen LogP contribution in [0.15, 0.2) is 34.7 Å². The highest BCUT2D eigenvalue weighted by atomic mass is 16.5. The van der Waals surface area contributed by atoms with Crippen LogP contribution in [0.5, 0.6) is 5.75 Å². The average molecular weight is 354 g/mol. The minimum absolute atomic E-state index is 0.240. The van der Waals surface area contributed by atoms with Crippen molar-refractivity contribution >= 4 is 16.9 Å². The molecule has 4 rings (SSSR count). The van der Waals surface area contributed by atoms with Crippen molar-refractivity contribution in [2.75, 3.05) is 20.2 Å². The van der Waals surface area contributed by atoms with Crippen LogP contribution in [0.2, 0.25) is 0 Å². The Bertz CT molecular complexity index is 909. The fourth-order valence-electron chi connectivity index (χ4n) is 3.25. The van der Waals surface area contributed by atoms with E-state index in [2.05, 4.69) is 20.2 Å². The second kappa shape index (κ2) is 7.21. The number of imidazole rings is 1. The molecular weight excluding hydrogens is 332 g/mol. The first-order valence-corrected chi connectivity index (χ1v) is 8.83. The number of hydrogen-bond donors (Lipinski definition) is 2. The van der Waals surface area contributed by atoms with E-state index in [9.17, 15) is 4.79 Å². The van der Waals surface area contributed by atoms with Crippen molar-refractivity contribution in [2.24, 2.45) is 0 Å². The molecule has 0 saturated carbocycles. The summed E-state index contributed by atoms with van der Waals surface area (Å²) in [6.45, 7) is 3.26. The third-order valence-corrected chi connectivity index (χ3v) is 4.62. The topological polar surface area (TPSA) is 83.4 Å². The van der Waals surface area contributed by atoms with E-state index >= 15 is 0 Å². The van der Waals surface area contributed by atoms with Crippen LogP contribution in [0.4, 0.5) is 0 Å². The number of nitrogens with one attached hydrogen (secondary N) is 2. The molecule has 1 saturated heterocycles. The van der Waals surface area contributed by atoms with Gasteiger partial charge in [0.25, 0.3) is 5.91 Å². The second-order valence-electron chi connectivity index (χ2n) is 6.50. The van der Waals surface area contributed by atoms with E-state index in [0.29, 0.717) is 18.1 Å². The third kappa shape index (κ3) is 3.57. The number of aromatic nitrogens is 2. The van der Waals surface area contributed by atoms with Gasteiger partial charge in [-0.25, -0.2) is 4.98 Å². The van der Waals surface area contributed by atoms with Gasteiger partial charge in [0.15, 0.2) is 5.76 Å². The molecule has 1 aliphatic heterocycles. The van der Waals surface area contributed by atoms with Crippen molar-refractivity contribution in [1.82, 2.24) is 20.2 Å². The quantitative estimate of drug-likeness (QED) is 0.711. The molecule has 7 nitrogen and oxygen atoms in total. The summed E-state index contributed by atoms with van der Waals surface area (Å²) in [7, 11) is 1.63. The van der Waals surface area contributed by atoms with Gasteiger partial charge in [-0.2, -0.15) is 0 Å². The standard InChI is InChI=1S/C19H22N4O3/c1-25-13-4-6-15-16(10-13)22-18(21-15)11-20-19(24)17-7-5-14(26-17)12-23-8-2-3-9-23/h4-7,10H,2-3,8-9,11-12H2,1H3,(H,20,24)(H,21,22). The van der Waals surface area contributed by atoms with Gasteiger partial charge in [0, 0.05) is 6.07 Å². The smallest absolute Gasteiger partial charge is 0.287 e. The lowest BCUT2D eigenvalue weighted by atomic mass is 10.3. The van der Waals surface area contributed by atoms with Gasteiger partial charge in [-0.05, 0) is 50.2 Å². The number of benzene rings is 1. The molecule has 0 atom stereocenters. The van der Waals surface area contributed by atoms with Crippen molar-refractivity contribution in [3.63, 3.8) is 0 Å². The van der Waals surface area contributed by atoms with Crippen LogP contribution in [-0.4, -0.2) is 41.0 Å². The number of methoxy groups -OCH3 is 1. The van der Waals surface area contributed by atoms with E-state index in [1.165, 1.54) is 12.8 Å². The molecule has 3 heterocycles. The molecule has 2 N–H and O–H groups in total. The van der Waals surface area contributed by atoms with Gasteiger partial charge in [0.1, 0.15) is 17.3 Å². The van der Waals surface area contributed by atoms with Gasteiger partial charge in [0.05, 0.1) is 31.2 Å². The minimum Gasteiger partial charge on any atom is -0.497 e. The molecule has 3 aromatic rings. The maximum Gasteiger partial charge on any atom is 0.287 e. The van der Waals surface area contributed by atoms with E-state index < -0.39 is 0 Å². The van der Waals surface area contributed by atoms with Crippen LogP contribution in [-0.2, 0) is 13.1 Å². The summed E-state index contributed by atoms with van der Waals surface area (Å²) in [6, 6.07) is 9.22. The SMILES string of the molecule is COc1ccc2nc(CNC(=O)c3ccc(CN4CCCC4)o3)[nH]c2c1. The summed E-state index contributed by atoms with van der Waals surface area (Å²) in [5, 5.41) is 2.84. The Labute approximate surface area is 151 Å². The molecule has 1 aromatic carbocycles. The number of ether oxygens (including phenoxy) is 1. The van der Waals surface area contributed by atoms with Gasteiger partial charge in [0.2, 0.25) is 0 Å². The zero-order valence-electron chi connectivity index (χ0n) is 14.7. The molecule has 0 spiro atoms. The van der Waals surface area contributed by atoms with E-state index in [1.54, 1.807) is 13.2 Å². The van der Waals surface area contributed by atoms with Crippen LogP contribution >= 0.6 is 0 Å². The molecule has 26 heavy (non-hydrogen) atoms. The van der Waals surface area contributed by atoms with Crippen molar-refractivity contribution in [2.45, 2.75) is 25.9 Å². The van der Waals surface area contributed by atoms with Gasteiger partial charge >= 0.3 is 0 Å². The summed E-state index contributed by atoms with van der Waals surface area (Å²) >= 11 is 0. The lowest BCUT2D eigenvalue weighted by Crippen LogP contribution is -2.23. The number of hydrogen-bond acceptors (Lipinski definition) is 5. The van der Waals surface area contributed by atoms with Crippen molar-refractivity contribution in [3.05, 3.63) is 47.7 Å². The molecule has 0 radical (unpaired) electrons. The highest BCUT2D eigenvalue weighted by Crippen LogP contribution is 2.19. The summed E-state index contributed by atoms with van der Waals surface area (Å²) in [6.07, 6.45) is 2.47. The first-order chi connectivity index (χ1) is 12.7. The predicted octanol–water partition coefficient (Wildman–Crippen LogP) is 2.69. The fourth-order valence-corrected chi connectivity index (χ4v) is 3.25.